The first-order valence-corrected chi connectivity index (χ1v) is 7.38. The van der Waals surface area contributed by atoms with Crippen LogP contribution in [0.15, 0.2) is 42.5 Å². The summed E-state index contributed by atoms with van der Waals surface area (Å²) in [6, 6.07) is 12.8. The lowest BCUT2D eigenvalue weighted by molar-refractivity contribution is 0.0187. The van der Waals surface area contributed by atoms with Crippen LogP contribution in [-0.2, 0) is 12.8 Å². The molecule has 2 N–H and O–H groups in total. The molecule has 0 bridgehead atoms. The van der Waals surface area contributed by atoms with E-state index in [1.807, 2.05) is 24.3 Å². The number of rotatable bonds is 4. The molecule has 2 atom stereocenters. The van der Waals surface area contributed by atoms with Gasteiger partial charge in [0.25, 0.3) is 0 Å². The van der Waals surface area contributed by atoms with Gasteiger partial charge in [-0.15, -0.1) is 0 Å². The van der Waals surface area contributed by atoms with Crippen molar-refractivity contribution < 1.29 is 14.9 Å². The van der Waals surface area contributed by atoms with E-state index in [0.717, 1.165) is 23.3 Å². The van der Waals surface area contributed by atoms with E-state index < -0.39 is 12.2 Å². The maximum atomic E-state index is 10.3. The van der Waals surface area contributed by atoms with Crippen molar-refractivity contribution in [2.24, 2.45) is 0 Å². The minimum Gasteiger partial charge on any atom is -0.493 e. The zero-order valence-corrected chi connectivity index (χ0v) is 12.3. The van der Waals surface area contributed by atoms with Gasteiger partial charge in [-0.05, 0) is 28.8 Å². The fourth-order valence-electron chi connectivity index (χ4n) is 2.71. The summed E-state index contributed by atoms with van der Waals surface area (Å²) in [5, 5.41) is 21.2. The molecule has 0 radical (unpaired) electrons. The van der Waals surface area contributed by atoms with E-state index in [-0.39, 0.29) is 0 Å². The molecular weight excluding hydrogens is 288 g/mol. The molecule has 2 aromatic carbocycles. The average Bonchev–Trinajstić information content (AvgIpc) is 2.95. The summed E-state index contributed by atoms with van der Waals surface area (Å²) < 4.78 is 5.62. The highest BCUT2D eigenvalue weighted by molar-refractivity contribution is 6.30. The number of aliphatic hydroxyl groups excluding tert-OH is 2. The van der Waals surface area contributed by atoms with E-state index in [1.165, 1.54) is 0 Å². The average molecular weight is 305 g/mol. The summed E-state index contributed by atoms with van der Waals surface area (Å²) in [5.74, 6) is 0.804. The number of hydrogen-bond donors (Lipinski definition) is 2. The van der Waals surface area contributed by atoms with Crippen LogP contribution < -0.4 is 4.74 Å². The minimum absolute atomic E-state index is 0.305. The topological polar surface area (TPSA) is 49.7 Å². The minimum atomic E-state index is -0.928. The molecule has 0 aliphatic carbocycles. The first-order valence-electron chi connectivity index (χ1n) is 7.00. The molecule has 4 heteroatoms. The van der Waals surface area contributed by atoms with Gasteiger partial charge in [-0.1, -0.05) is 41.9 Å². The highest BCUT2D eigenvalue weighted by atomic mass is 35.5. The second-order valence-corrected chi connectivity index (χ2v) is 5.72. The number of halogens is 1. The first-order chi connectivity index (χ1) is 10.1. The Morgan fingerprint density at radius 1 is 1.14 bits per heavy atom. The third-order valence-electron chi connectivity index (χ3n) is 3.76. The molecule has 0 saturated carbocycles. The molecule has 2 aromatic rings. The van der Waals surface area contributed by atoms with Crippen LogP contribution in [0.1, 0.15) is 22.8 Å². The summed E-state index contributed by atoms with van der Waals surface area (Å²) in [6.45, 7) is 0.639. The van der Waals surface area contributed by atoms with E-state index in [0.29, 0.717) is 23.6 Å². The third kappa shape index (κ3) is 3.05. The van der Waals surface area contributed by atoms with Crippen molar-refractivity contribution in [1.29, 1.82) is 0 Å². The van der Waals surface area contributed by atoms with Crippen molar-refractivity contribution in [1.82, 2.24) is 0 Å². The summed E-state index contributed by atoms with van der Waals surface area (Å²) >= 11 is 6.11. The Bertz CT molecular complexity index is 627. The second-order valence-electron chi connectivity index (χ2n) is 5.28. The molecule has 1 heterocycles. The maximum Gasteiger partial charge on any atom is 0.126 e. The van der Waals surface area contributed by atoms with Gasteiger partial charge < -0.3 is 14.9 Å². The van der Waals surface area contributed by atoms with Crippen molar-refractivity contribution in [2.45, 2.75) is 25.0 Å². The molecule has 0 fully saturated rings. The van der Waals surface area contributed by atoms with Gasteiger partial charge in [0.15, 0.2) is 0 Å². The van der Waals surface area contributed by atoms with E-state index in [1.54, 1.807) is 18.2 Å². The number of aliphatic hydroxyl groups is 2. The Morgan fingerprint density at radius 3 is 2.67 bits per heavy atom. The van der Waals surface area contributed by atoms with Crippen LogP contribution in [0, 0.1) is 0 Å². The molecule has 0 spiro atoms. The van der Waals surface area contributed by atoms with Crippen molar-refractivity contribution in [2.75, 3.05) is 6.61 Å². The Labute approximate surface area is 128 Å². The fourth-order valence-corrected chi connectivity index (χ4v) is 2.97. The Kier molecular flexibility index (Phi) is 4.15. The van der Waals surface area contributed by atoms with Crippen molar-refractivity contribution in [3.8, 4) is 5.75 Å². The molecule has 0 aromatic heterocycles. The number of ether oxygens (including phenoxy) is 1. The van der Waals surface area contributed by atoms with Crippen molar-refractivity contribution >= 4 is 11.6 Å². The molecule has 0 saturated heterocycles. The van der Waals surface area contributed by atoms with E-state index in [9.17, 15) is 10.2 Å². The van der Waals surface area contributed by atoms with Crippen LogP contribution in [0.4, 0.5) is 0 Å². The molecule has 110 valence electrons. The van der Waals surface area contributed by atoms with Crippen LogP contribution in [0.2, 0.25) is 5.02 Å². The van der Waals surface area contributed by atoms with Gasteiger partial charge in [-0.2, -0.15) is 0 Å². The lowest BCUT2D eigenvalue weighted by atomic mass is 9.97. The Hall–Kier alpha value is -1.55. The predicted molar refractivity (Wildman–Crippen MR) is 81.8 cm³/mol. The maximum absolute atomic E-state index is 10.3. The normalized spacial score (nSPS) is 16.1. The zero-order valence-electron chi connectivity index (χ0n) is 11.5. The predicted octanol–water partition coefficient (Wildman–Crippen LogP) is 2.91. The van der Waals surface area contributed by atoms with Crippen LogP contribution in [0.3, 0.4) is 0 Å². The molecule has 3 rings (SSSR count). The van der Waals surface area contributed by atoms with Gasteiger partial charge in [0.05, 0.1) is 12.7 Å². The molecule has 0 amide bonds. The van der Waals surface area contributed by atoms with Gasteiger partial charge in [-0.3, -0.25) is 0 Å². The number of hydrogen-bond acceptors (Lipinski definition) is 3. The fraction of sp³-hybridized carbons (Fsp3) is 0.294. The van der Waals surface area contributed by atoms with E-state index in [2.05, 4.69) is 0 Å². The third-order valence-corrected chi connectivity index (χ3v) is 3.98. The van der Waals surface area contributed by atoms with Gasteiger partial charge in [0, 0.05) is 17.9 Å². The highest BCUT2D eigenvalue weighted by Crippen LogP contribution is 2.34. The molecule has 2 unspecified atom stereocenters. The van der Waals surface area contributed by atoms with Crippen LogP contribution in [0.5, 0.6) is 5.75 Å². The van der Waals surface area contributed by atoms with E-state index >= 15 is 0 Å². The van der Waals surface area contributed by atoms with Gasteiger partial charge in [-0.25, -0.2) is 0 Å². The quantitative estimate of drug-likeness (QED) is 0.913. The molecule has 21 heavy (non-hydrogen) atoms. The smallest absolute Gasteiger partial charge is 0.126 e. The Balaban J connectivity index is 1.81. The number of benzene rings is 2. The monoisotopic (exact) mass is 304 g/mol. The SMILES string of the molecule is OC(Cc1cc(Cl)cc2c1OCC2)C(O)c1ccccc1. The van der Waals surface area contributed by atoms with Gasteiger partial charge in [0.2, 0.25) is 0 Å². The lowest BCUT2D eigenvalue weighted by Crippen LogP contribution is -2.21. The molecular formula is C17H17ClO3. The zero-order chi connectivity index (χ0) is 14.8. The Morgan fingerprint density at radius 2 is 1.90 bits per heavy atom. The standard InChI is InChI=1S/C17H17ClO3/c18-14-8-12-6-7-21-17(12)13(9-14)10-15(19)16(20)11-4-2-1-3-5-11/h1-5,8-9,15-16,19-20H,6-7,10H2. The largest absolute Gasteiger partial charge is 0.493 e. The lowest BCUT2D eigenvalue weighted by Gasteiger charge is -2.19. The summed E-state index contributed by atoms with van der Waals surface area (Å²) in [7, 11) is 0. The molecule has 1 aliphatic heterocycles. The second kappa shape index (κ2) is 6.06. The summed E-state index contributed by atoms with van der Waals surface area (Å²) in [6.07, 6.45) is -0.694. The summed E-state index contributed by atoms with van der Waals surface area (Å²) in [4.78, 5) is 0. The molecule has 1 aliphatic rings. The highest BCUT2D eigenvalue weighted by Gasteiger charge is 2.23. The molecule has 3 nitrogen and oxygen atoms in total. The first kappa shape index (κ1) is 14.4. The van der Waals surface area contributed by atoms with E-state index in [4.69, 9.17) is 16.3 Å². The van der Waals surface area contributed by atoms with Crippen LogP contribution in [-0.4, -0.2) is 22.9 Å². The number of fused-ring (bicyclic) bond motifs is 1. The van der Waals surface area contributed by atoms with Crippen molar-refractivity contribution in [3.63, 3.8) is 0 Å². The van der Waals surface area contributed by atoms with Gasteiger partial charge in [0.1, 0.15) is 11.9 Å². The van der Waals surface area contributed by atoms with Gasteiger partial charge >= 0.3 is 0 Å². The summed E-state index contributed by atoms with van der Waals surface area (Å²) in [5.41, 5.74) is 2.61. The van der Waals surface area contributed by atoms with Crippen LogP contribution >= 0.6 is 11.6 Å². The van der Waals surface area contributed by atoms with Crippen molar-refractivity contribution in [3.05, 3.63) is 64.2 Å². The van der Waals surface area contributed by atoms with Crippen LogP contribution in [0.25, 0.3) is 0 Å².